The van der Waals surface area contributed by atoms with Crippen LogP contribution >= 0.6 is 11.6 Å². The zero-order chi connectivity index (χ0) is 22.5. The molecule has 0 bridgehead atoms. The van der Waals surface area contributed by atoms with Crippen LogP contribution in [0.3, 0.4) is 0 Å². The van der Waals surface area contributed by atoms with Crippen LogP contribution < -0.4 is 16.2 Å². The van der Waals surface area contributed by atoms with E-state index in [1.165, 1.54) is 6.07 Å². The SMILES string of the molecule is CCC(=O)Nc1cc(-c2ccc(=O)n(C(C)C(=O)Nc3ccc(Cl)cc3)n2)ccc1C. The second-order valence-corrected chi connectivity index (χ2v) is 7.54. The summed E-state index contributed by atoms with van der Waals surface area (Å²) in [6.45, 7) is 5.28. The van der Waals surface area contributed by atoms with Gasteiger partial charge in [0.05, 0.1) is 5.69 Å². The number of amides is 2. The number of nitrogens with zero attached hydrogens (tertiary/aromatic N) is 2. The van der Waals surface area contributed by atoms with Gasteiger partial charge in [0.15, 0.2) is 0 Å². The van der Waals surface area contributed by atoms with Gasteiger partial charge >= 0.3 is 0 Å². The summed E-state index contributed by atoms with van der Waals surface area (Å²) >= 11 is 5.87. The van der Waals surface area contributed by atoms with Gasteiger partial charge in [-0.2, -0.15) is 5.10 Å². The fraction of sp³-hybridized carbons (Fsp3) is 0.217. The minimum Gasteiger partial charge on any atom is -0.326 e. The van der Waals surface area contributed by atoms with Crippen molar-refractivity contribution in [3.63, 3.8) is 0 Å². The van der Waals surface area contributed by atoms with Crippen molar-refractivity contribution >= 4 is 34.8 Å². The number of rotatable bonds is 6. The molecule has 0 aliphatic heterocycles. The van der Waals surface area contributed by atoms with Crippen LogP contribution in [0.5, 0.6) is 0 Å². The van der Waals surface area contributed by atoms with Gasteiger partial charge in [0.25, 0.3) is 5.56 Å². The van der Waals surface area contributed by atoms with Crippen LogP contribution in [-0.2, 0) is 9.59 Å². The predicted molar refractivity (Wildman–Crippen MR) is 122 cm³/mol. The first-order valence-electron chi connectivity index (χ1n) is 9.85. The molecule has 3 rings (SSSR count). The molecule has 160 valence electrons. The van der Waals surface area contributed by atoms with Crippen LogP contribution in [0.4, 0.5) is 11.4 Å². The number of nitrogens with one attached hydrogen (secondary N) is 2. The number of halogens is 1. The molecule has 8 heteroatoms. The van der Waals surface area contributed by atoms with E-state index in [9.17, 15) is 14.4 Å². The summed E-state index contributed by atoms with van der Waals surface area (Å²) in [5, 5.41) is 10.6. The number of benzene rings is 2. The Morgan fingerprint density at radius 2 is 1.77 bits per heavy atom. The number of hydrogen-bond donors (Lipinski definition) is 2. The number of aryl methyl sites for hydroxylation is 1. The summed E-state index contributed by atoms with van der Waals surface area (Å²) < 4.78 is 1.14. The molecule has 2 N–H and O–H groups in total. The van der Waals surface area contributed by atoms with E-state index >= 15 is 0 Å². The molecule has 0 fully saturated rings. The molecule has 3 aromatic rings. The van der Waals surface area contributed by atoms with E-state index in [0.717, 1.165) is 15.8 Å². The lowest BCUT2D eigenvalue weighted by Crippen LogP contribution is -2.33. The number of carbonyl (C=O) groups is 2. The smallest absolute Gasteiger partial charge is 0.267 e. The van der Waals surface area contributed by atoms with Gasteiger partial charge < -0.3 is 10.6 Å². The van der Waals surface area contributed by atoms with Gasteiger partial charge in [0.1, 0.15) is 6.04 Å². The maximum absolute atomic E-state index is 12.7. The average molecular weight is 439 g/mol. The highest BCUT2D eigenvalue weighted by molar-refractivity contribution is 6.30. The van der Waals surface area contributed by atoms with Gasteiger partial charge in [-0.15, -0.1) is 0 Å². The maximum atomic E-state index is 12.7. The second-order valence-electron chi connectivity index (χ2n) is 7.10. The molecule has 0 spiro atoms. The predicted octanol–water partition coefficient (Wildman–Crippen LogP) is 4.42. The van der Waals surface area contributed by atoms with Crippen molar-refractivity contribution in [2.45, 2.75) is 33.2 Å². The van der Waals surface area contributed by atoms with Gasteiger partial charge in [0, 0.05) is 34.4 Å². The number of anilines is 2. The summed E-state index contributed by atoms with van der Waals surface area (Å²) in [5.41, 5.74) is 3.00. The first-order valence-corrected chi connectivity index (χ1v) is 10.2. The zero-order valence-electron chi connectivity index (χ0n) is 17.5. The van der Waals surface area contributed by atoms with Gasteiger partial charge in [0.2, 0.25) is 11.8 Å². The standard InChI is InChI=1S/C23H23ClN4O3/c1-4-21(29)26-20-13-16(6-5-14(20)2)19-11-12-22(30)28(27-19)15(3)23(31)25-18-9-7-17(24)8-10-18/h5-13,15H,4H2,1-3H3,(H,25,31)(H,26,29). The van der Waals surface area contributed by atoms with Gasteiger partial charge in [-0.1, -0.05) is 30.7 Å². The fourth-order valence-electron chi connectivity index (χ4n) is 2.90. The van der Waals surface area contributed by atoms with Gasteiger partial charge in [-0.25, -0.2) is 4.68 Å². The third kappa shape index (κ3) is 5.38. The Labute approximate surface area is 185 Å². The van der Waals surface area contributed by atoms with E-state index < -0.39 is 11.6 Å². The molecule has 2 amide bonds. The molecule has 1 atom stereocenters. The average Bonchev–Trinajstić information content (AvgIpc) is 2.76. The highest BCUT2D eigenvalue weighted by Gasteiger charge is 2.18. The molecule has 0 aliphatic rings. The Morgan fingerprint density at radius 1 is 1.06 bits per heavy atom. The topological polar surface area (TPSA) is 93.1 Å². The second kappa shape index (κ2) is 9.57. The molecule has 1 aromatic heterocycles. The van der Waals surface area contributed by atoms with Crippen LogP contribution in [0.25, 0.3) is 11.3 Å². The molecule has 7 nitrogen and oxygen atoms in total. The van der Waals surface area contributed by atoms with Crippen molar-refractivity contribution in [3.8, 4) is 11.3 Å². The molecular formula is C23H23ClN4O3. The van der Waals surface area contributed by atoms with Crippen LogP contribution in [-0.4, -0.2) is 21.6 Å². The van der Waals surface area contributed by atoms with Crippen LogP contribution in [0.1, 0.15) is 31.9 Å². The lowest BCUT2D eigenvalue weighted by atomic mass is 10.1. The minimum absolute atomic E-state index is 0.0920. The van der Waals surface area contributed by atoms with Crippen molar-refractivity contribution in [1.29, 1.82) is 0 Å². The summed E-state index contributed by atoms with van der Waals surface area (Å²) in [7, 11) is 0. The largest absolute Gasteiger partial charge is 0.326 e. The van der Waals surface area contributed by atoms with Crippen LogP contribution in [0.15, 0.2) is 59.4 Å². The van der Waals surface area contributed by atoms with Gasteiger partial charge in [-0.3, -0.25) is 14.4 Å². The molecule has 1 heterocycles. The van der Waals surface area contributed by atoms with Crippen LogP contribution in [0.2, 0.25) is 5.02 Å². The Morgan fingerprint density at radius 3 is 2.45 bits per heavy atom. The Bertz CT molecular complexity index is 1170. The van der Waals surface area contributed by atoms with Crippen molar-refractivity contribution in [2.75, 3.05) is 10.6 Å². The van der Waals surface area contributed by atoms with E-state index in [-0.39, 0.29) is 11.8 Å². The Balaban J connectivity index is 1.88. The first kappa shape index (κ1) is 22.2. The molecule has 0 radical (unpaired) electrons. The quantitative estimate of drug-likeness (QED) is 0.595. The zero-order valence-corrected chi connectivity index (χ0v) is 18.2. The summed E-state index contributed by atoms with van der Waals surface area (Å²) in [4.78, 5) is 36.8. The molecular weight excluding hydrogens is 416 g/mol. The highest BCUT2D eigenvalue weighted by atomic mass is 35.5. The van der Waals surface area contributed by atoms with E-state index in [2.05, 4.69) is 15.7 Å². The summed E-state index contributed by atoms with van der Waals surface area (Å²) in [6, 6.07) is 14.3. The molecule has 0 saturated heterocycles. The molecule has 0 aliphatic carbocycles. The molecule has 2 aromatic carbocycles. The normalized spacial score (nSPS) is 11.6. The minimum atomic E-state index is -0.840. The third-order valence-electron chi connectivity index (χ3n) is 4.81. The summed E-state index contributed by atoms with van der Waals surface area (Å²) in [6.07, 6.45) is 0.368. The van der Waals surface area contributed by atoms with Crippen molar-refractivity contribution < 1.29 is 9.59 Å². The van der Waals surface area contributed by atoms with E-state index in [1.54, 1.807) is 50.2 Å². The van der Waals surface area contributed by atoms with Crippen molar-refractivity contribution in [3.05, 3.63) is 75.5 Å². The van der Waals surface area contributed by atoms with E-state index in [4.69, 9.17) is 11.6 Å². The van der Waals surface area contributed by atoms with E-state index in [0.29, 0.717) is 28.5 Å². The van der Waals surface area contributed by atoms with Gasteiger partial charge in [-0.05, 0) is 55.8 Å². The monoisotopic (exact) mass is 438 g/mol. The lowest BCUT2D eigenvalue weighted by molar-refractivity contribution is -0.119. The summed E-state index contributed by atoms with van der Waals surface area (Å²) in [5.74, 6) is -0.473. The molecule has 31 heavy (non-hydrogen) atoms. The number of carbonyl (C=O) groups excluding carboxylic acids is 2. The molecule has 1 unspecified atom stereocenters. The lowest BCUT2D eigenvalue weighted by Gasteiger charge is -2.16. The number of aromatic nitrogens is 2. The van der Waals surface area contributed by atoms with E-state index in [1.807, 2.05) is 19.1 Å². The van der Waals surface area contributed by atoms with Crippen LogP contribution in [0, 0.1) is 6.92 Å². The van der Waals surface area contributed by atoms with Crippen molar-refractivity contribution in [2.24, 2.45) is 0 Å². The molecule has 0 saturated carbocycles. The third-order valence-corrected chi connectivity index (χ3v) is 5.06. The maximum Gasteiger partial charge on any atom is 0.267 e. The Hall–Kier alpha value is -3.45. The number of hydrogen-bond acceptors (Lipinski definition) is 4. The first-order chi connectivity index (χ1) is 14.8. The van der Waals surface area contributed by atoms with Crippen molar-refractivity contribution in [1.82, 2.24) is 9.78 Å². The Kier molecular flexibility index (Phi) is 6.87. The fourth-order valence-corrected chi connectivity index (χ4v) is 3.03. The highest BCUT2D eigenvalue weighted by Crippen LogP contribution is 2.24.